The lowest BCUT2D eigenvalue weighted by Crippen LogP contribution is -2.42. The maximum atomic E-state index is 11.9. The predicted molar refractivity (Wildman–Crippen MR) is 87.5 cm³/mol. The first-order valence-corrected chi connectivity index (χ1v) is 9.41. The van der Waals surface area contributed by atoms with E-state index in [4.69, 9.17) is 0 Å². The van der Waals surface area contributed by atoms with E-state index in [0.29, 0.717) is 17.0 Å². The largest absolute Gasteiger partial charge is 0.382 e. The molecule has 0 aromatic heterocycles. The summed E-state index contributed by atoms with van der Waals surface area (Å²) in [4.78, 5) is 2.89. The van der Waals surface area contributed by atoms with Crippen LogP contribution in [-0.4, -0.2) is 44.2 Å². The van der Waals surface area contributed by atoms with Crippen molar-refractivity contribution in [3.8, 4) is 0 Å². The summed E-state index contributed by atoms with van der Waals surface area (Å²) in [5, 5.41) is 3.49. The molecule has 0 aliphatic carbocycles. The Kier molecular flexibility index (Phi) is 5.27. The Morgan fingerprint density at radius 1 is 1.29 bits per heavy atom. The number of nitrogens with one attached hydrogen (secondary N) is 1. The van der Waals surface area contributed by atoms with Gasteiger partial charge >= 0.3 is 0 Å². The Hall–Kier alpha value is -1.07. The molecule has 1 heterocycles. The average Bonchev–Trinajstić information content (AvgIpc) is 2.48. The molecule has 21 heavy (non-hydrogen) atoms. The third-order valence-corrected chi connectivity index (χ3v) is 5.94. The van der Waals surface area contributed by atoms with Gasteiger partial charge in [-0.1, -0.05) is 13.0 Å². The van der Waals surface area contributed by atoms with E-state index in [-0.39, 0.29) is 5.75 Å². The van der Waals surface area contributed by atoms with Gasteiger partial charge in [-0.3, -0.25) is 0 Å². The third-order valence-electron chi connectivity index (χ3n) is 4.20. The molecule has 2 rings (SSSR count). The number of rotatable bonds is 5. The highest BCUT2D eigenvalue weighted by atomic mass is 32.2. The standard InChI is InChI=1S/C16H26N2O2S/c1-4-21(19,20)16-7-5-6-15(12-16)17-14-8-10-18(11-9-14)13(2)3/h5-7,12-14,17H,4,8-11H2,1-3H3. The van der Waals surface area contributed by atoms with E-state index < -0.39 is 9.84 Å². The molecule has 0 bridgehead atoms. The molecule has 0 unspecified atom stereocenters. The van der Waals surface area contributed by atoms with Crippen LogP contribution in [0.25, 0.3) is 0 Å². The summed E-state index contributed by atoms with van der Waals surface area (Å²) in [5.74, 6) is 0.142. The number of sulfone groups is 1. The highest BCUT2D eigenvalue weighted by molar-refractivity contribution is 7.91. The van der Waals surface area contributed by atoms with Gasteiger partial charge in [0.1, 0.15) is 0 Å². The zero-order chi connectivity index (χ0) is 15.5. The molecule has 0 atom stereocenters. The minimum absolute atomic E-state index is 0.142. The van der Waals surface area contributed by atoms with E-state index in [0.717, 1.165) is 31.6 Å². The molecule has 0 amide bonds. The summed E-state index contributed by atoms with van der Waals surface area (Å²) >= 11 is 0. The average molecular weight is 310 g/mol. The summed E-state index contributed by atoms with van der Waals surface area (Å²) in [6.07, 6.45) is 2.20. The van der Waals surface area contributed by atoms with Crippen LogP contribution in [0.1, 0.15) is 33.6 Å². The Morgan fingerprint density at radius 2 is 1.95 bits per heavy atom. The van der Waals surface area contributed by atoms with E-state index in [9.17, 15) is 8.42 Å². The fourth-order valence-electron chi connectivity index (χ4n) is 2.74. The third kappa shape index (κ3) is 4.20. The highest BCUT2D eigenvalue weighted by Gasteiger charge is 2.21. The molecule has 1 aliphatic heterocycles. The number of anilines is 1. The van der Waals surface area contributed by atoms with Gasteiger partial charge in [0, 0.05) is 30.9 Å². The summed E-state index contributed by atoms with van der Waals surface area (Å²) in [6, 6.07) is 8.22. The van der Waals surface area contributed by atoms with Gasteiger partial charge < -0.3 is 10.2 Å². The van der Waals surface area contributed by atoms with Gasteiger partial charge in [0.2, 0.25) is 0 Å². The van der Waals surface area contributed by atoms with E-state index >= 15 is 0 Å². The molecule has 0 radical (unpaired) electrons. The van der Waals surface area contributed by atoms with Gasteiger partial charge in [0.25, 0.3) is 0 Å². The van der Waals surface area contributed by atoms with Crippen LogP contribution in [0.15, 0.2) is 29.2 Å². The number of benzene rings is 1. The highest BCUT2D eigenvalue weighted by Crippen LogP contribution is 2.21. The Labute approximate surface area is 128 Å². The van der Waals surface area contributed by atoms with Crippen molar-refractivity contribution in [2.75, 3.05) is 24.2 Å². The van der Waals surface area contributed by atoms with Gasteiger partial charge in [0.15, 0.2) is 9.84 Å². The number of nitrogens with zero attached hydrogens (tertiary/aromatic N) is 1. The zero-order valence-electron chi connectivity index (χ0n) is 13.2. The van der Waals surface area contributed by atoms with Crippen molar-refractivity contribution in [3.05, 3.63) is 24.3 Å². The molecule has 1 aromatic rings. The van der Waals surface area contributed by atoms with Gasteiger partial charge in [-0.25, -0.2) is 8.42 Å². The molecule has 0 saturated carbocycles. The van der Waals surface area contributed by atoms with Crippen molar-refractivity contribution in [2.24, 2.45) is 0 Å². The molecular weight excluding hydrogens is 284 g/mol. The Bertz CT molecular complexity index is 561. The summed E-state index contributed by atoms with van der Waals surface area (Å²) in [5.41, 5.74) is 0.910. The summed E-state index contributed by atoms with van der Waals surface area (Å²) in [7, 11) is -3.13. The van der Waals surface area contributed by atoms with Gasteiger partial charge in [-0.2, -0.15) is 0 Å². The lowest BCUT2D eigenvalue weighted by molar-refractivity contribution is 0.177. The fourth-order valence-corrected chi connectivity index (χ4v) is 3.67. The second-order valence-electron chi connectivity index (χ2n) is 5.98. The van der Waals surface area contributed by atoms with Crippen molar-refractivity contribution in [1.29, 1.82) is 0 Å². The van der Waals surface area contributed by atoms with Crippen molar-refractivity contribution >= 4 is 15.5 Å². The first-order chi connectivity index (χ1) is 9.92. The molecule has 1 aliphatic rings. The lowest BCUT2D eigenvalue weighted by atomic mass is 10.0. The van der Waals surface area contributed by atoms with Gasteiger partial charge in [-0.15, -0.1) is 0 Å². The maximum absolute atomic E-state index is 11.9. The SMILES string of the molecule is CCS(=O)(=O)c1cccc(NC2CCN(C(C)C)CC2)c1. The Morgan fingerprint density at radius 3 is 2.52 bits per heavy atom. The molecule has 118 valence electrons. The molecule has 1 fully saturated rings. The number of piperidine rings is 1. The second-order valence-corrected chi connectivity index (χ2v) is 8.26. The summed E-state index contributed by atoms with van der Waals surface area (Å²) in [6.45, 7) is 8.33. The predicted octanol–water partition coefficient (Wildman–Crippen LogP) is 2.76. The zero-order valence-corrected chi connectivity index (χ0v) is 14.0. The quantitative estimate of drug-likeness (QED) is 0.908. The van der Waals surface area contributed by atoms with Crippen molar-refractivity contribution in [2.45, 2.75) is 50.6 Å². The molecule has 0 spiro atoms. The van der Waals surface area contributed by atoms with Gasteiger partial charge in [0.05, 0.1) is 10.6 Å². The van der Waals surface area contributed by atoms with Crippen LogP contribution in [-0.2, 0) is 9.84 Å². The van der Waals surface area contributed by atoms with Crippen LogP contribution in [0, 0.1) is 0 Å². The smallest absolute Gasteiger partial charge is 0.178 e. The molecular formula is C16H26N2O2S. The van der Waals surface area contributed by atoms with Crippen LogP contribution in [0.2, 0.25) is 0 Å². The second kappa shape index (κ2) is 6.79. The summed E-state index contributed by atoms with van der Waals surface area (Å²) < 4.78 is 23.9. The first kappa shape index (κ1) is 16.3. The maximum Gasteiger partial charge on any atom is 0.178 e. The first-order valence-electron chi connectivity index (χ1n) is 7.76. The monoisotopic (exact) mass is 310 g/mol. The van der Waals surface area contributed by atoms with Crippen molar-refractivity contribution < 1.29 is 8.42 Å². The van der Waals surface area contributed by atoms with Crippen molar-refractivity contribution in [3.63, 3.8) is 0 Å². The van der Waals surface area contributed by atoms with Crippen LogP contribution in [0.4, 0.5) is 5.69 Å². The topological polar surface area (TPSA) is 49.4 Å². The number of hydrogen-bond acceptors (Lipinski definition) is 4. The normalized spacial score (nSPS) is 18.1. The molecule has 5 heteroatoms. The lowest BCUT2D eigenvalue weighted by Gasteiger charge is -2.35. The molecule has 1 aromatic carbocycles. The van der Waals surface area contributed by atoms with E-state index in [2.05, 4.69) is 24.1 Å². The van der Waals surface area contributed by atoms with Crippen molar-refractivity contribution in [1.82, 2.24) is 4.90 Å². The van der Waals surface area contributed by atoms with Crippen LogP contribution in [0.5, 0.6) is 0 Å². The molecule has 4 nitrogen and oxygen atoms in total. The molecule has 1 N–H and O–H groups in total. The van der Waals surface area contributed by atoms with Gasteiger partial charge in [-0.05, 0) is 44.9 Å². The fraction of sp³-hybridized carbons (Fsp3) is 0.625. The molecule has 1 saturated heterocycles. The Balaban J connectivity index is 2.00. The van der Waals surface area contributed by atoms with E-state index in [1.54, 1.807) is 19.1 Å². The van der Waals surface area contributed by atoms with E-state index in [1.165, 1.54) is 0 Å². The minimum Gasteiger partial charge on any atom is -0.382 e. The number of likely N-dealkylation sites (tertiary alicyclic amines) is 1. The van der Waals surface area contributed by atoms with Crippen LogP contribution in [0.3, 0.4) is 0 Å². The van der Waals surface area contributed by atoms with Crippen LogP contribution >= 0.6 is 0 Å². The number of hydrogen-bond donors (Lipinski definition) is 1. The van der Waals surface area contributed by atoms with E-state index in [1.807, 2.05) is 12.1 Å². The van der Waals surface area contributed by atoms with Crippen LogP contribution < -0.4 is 5.32 Å². The minimum atomic E-state index is -3.13.